The minimum Gasteiger partial charge on any atom is -0.493 e. The molecule has 0 N–H and O–H groups in total. The lowest BCUT2D eigenvalue weighted by Gasteiger charge is -2.17. The molecule has 2 aromatic carbocycles. The highest BCUT2D eigenvalue weighted by Gasteiger charge is 2.32. The van der Waals surface area contributed by atoms with Gasteiger partial charge in [0.2, 0.25) is 10.0 Å². The van der Waals surface area contributed by atoms with Crippen molar-refractivity contribution in [2.75, 3.05) is 34.9 Å². The molecule has 1 fully saturated rings. The number of aliphatic imine (C=N–C) groups is 1. The first-order valence-electron chi connectivity index (χ1n) is 9.49. The van der Waals surface area contributed by atoms with E-state index < -0.39 is 10.0 Å². The Labute approximate surface area is 186 Å². The zero-order valence-electron chi connectivity index (χ0n) is 18.0. The van der Waals surface area contributed by atoms with Crippen LogP contribution in [0.5, 0.6) is 11.5 Å². The third kappa shape index (κ3) is 4.86. The largest absolute Gasteiger partial charge is 0.493 e. The van der Waals surface area contributed by atoms with E-state index in [-0.39, 0.29) is 16.1 Å². The van der Waals surface area contributed by atoms with Gasteiger partial charge < -0.3 is 9.47 Å². The van der Waals surface area contributed by atoms with Crippen LogP contribution in [0.3, 0.4) is 0 Å². The van der Waals surface area contributed by atoms with Crippen molar-refractivity contribution in [2.24, 2.45) is 4.99 Å². The van der Waals surface area contributed by atoms with Gasteiger partial charge in [0.25, 0.3) is 5.91 Å². The highest BCUT2D eigenvalue weighted by molar-refractivity contribution is 8.14. The number of hydrogen-bond donors (Lipinski definition) is 0. The summed E-state index contributed by atoms with van der Waals surface area (Å²) in [6, 6.07) is 11.4. The van der Waals surface area contributed by atoms with Crippen molar-refractivity contribution in [3.8, 4) is 11.5 Å². The zero-order valence-corrected chi connectivity index (χ0v) is 19.7. The molecule has 0 saturated carbocycles. The predicted molar refractivity (Wildman–Crippen MR) is 122 cm³/mol. The number of benzene rings is 2. The molecule has 0 bridgehead atoms. The monoisotopic (exact) mass is 463 g/mol. The van der Waals surface area contributed by atoms with Crippen LogP contribution in [0, 0.1) is 0 Å². The van der Waals surface area contributed by atoms with Crippen molar-refractivity contribution in [2.45, 2.75) is 17.1 Å². The second-order valence-corrected chi connectivity index (χ2v) is 10.7. The summed E-state index contributed by atoms with van der Waals surface area (Å²) >= 11 is 1.47. The molecule has 166 valence electrons. The van der Waals surface area contributed by atoms with E-state index >= 15 is 0 Å². The van der Waals surface area contributed by atoms with Gasteiger partial charge in [-0.05, 0) is 36.4 Å². The summed E-state index contributed by atoms with van der Waals surface area (Å²) < 4.78 is 36.6. The van der Waals surface area contributed by atoms with Crippen LogP contribution in [0.1, 0.15) is 17.3 Å². The minimum atomic E-state index is -3.58. The molecule has 8 nitrogen and oxygen atoms in total. The number of methoxy groups -OCH3 is 2. The van der Waals surface area contributed by atoms with E-state index in [0.717, 1.165) is 4.31 Å². The van der Waals surface area contributed by atoms with E-state index in [4.69, 9.17) is 9.47 Å². The SMILES string of the molecule is COc1ccc(C(=O)N2CC(C)SC2=Nc2cccc(S(=O)(=O)N(C)C)c2)cc1OC. The van der Waals surface area contributed by atoms with Gasteiger partial charge in [-0.15, -0.1) is 0 Å². The maximum absolute atomic E-state index is 13.2. The van der Waals surface area contributed by atoms with Gasteiger partial charge in [-0.1, -0.05) is 24.8 Å². The third-order valence-corrected chi connectivity index (χ3v) is 7.56. The second kappa shape index (κ2) is 9.29. The topological polar surface area (TPSA) is 88.5 Å². The lowest BCUT2D eigenvalue weighted by molar-refractivity contribution is 0.0855. The number of sulfonamides is 1. The Bertz CT molecular complexity index is 1120. The number of ether oxygens (including phenoxy) is 2. The summed E-state index contributed by atoms with van der Waals surface area (Å²) in [6.07, 6.45) is 0. The molecule has 1 heterocycles. The van der Waals surface area contributed by atoms with Crippen molar-refractivity contribution in [3.63, 3.8) is 0 Å². The molecule has 31 heavy (non-hydrogen) atoms. The summed E-state index contributed by atoms with van der Waals surface area (Å²) in [5.74, 6) is 0.790. The Balaban J connectivity index is 1.95. The predicted octanol–water partition coefficient (Wildman–Crippen LogP) is 3.22. The van der Waals surface area contributed by atoms with Crippen LogP contribution >= 0.6 is 11.8 Å². The maximum Gasteiger partial charge on any atom is 0.260 e. The molecule has 1 unspecified atom stereocenters. The van der Waals surface area contributed by atoms with Gasteiger partial charge in [-0.25, -0.2) is 17.7 Å². The number of amidine groups is 1. The normalized spacial score (nSPS) is 17.9. The molecule has 0 radical (unpaired) electrons. The van der Waals surface area contributed by atoms with E-state index in [1.54, 1.807) is 35.2 Å². The molecule has 2 aromatic rings. The lowest BCUT2D eigenvalue weighted by Crippen LogP contribution is -2.32. The van der Waals surface area contributed by atoms with Gasteiger partial charge in [0.1, 0.15) is 0 Å². The number of thioether (sulfide) groups is 1. The quantitative estimate of drug-likeness (QED) is 0.654. The Morgan fingerprint density at radius 1 is 1.13 bits per heavy atom. The molecule has 0 spiro atoms. The standard InChI is InChI=1S/C21H25N3O5S2/c1-14-13-24(20(25)15-9-10-18(28-4)19(11-15)29-5)21(30-14)22-16-7-6-8-17(12-16)31(26,27)23(2)3/h6-12,14H,13H2,1-5H3. The van der Waals surface area contributed by atoms with Crippen LogP contribution in [-0.4, -0.2) is 68.8 Å². The molecule has 1 atom stereocenters. The van der Waals surface area contributed by atoms with Crippen LogP contribution < -0.4 is 9.47 Å². The van der Waals surface area contributed by atoms with Crippen molar-refractivity contribution < 1.29 is 22.7 Å². The third-order valence-electron chi connectivity index (χ3n) is 4.67. The van der Waals surface area contributed by atoms with Gasteiger partial charge >= 0.3 is 0 Å². The first-order valence-corrected chi connectivity index (χ1v) is 11.8. The number of rotatable bonds is 6. The van der Waals surface area contributed by atoms with E-state index in [0.29, 0.717) is 34.5 Å². The Kier molecular flexibility index (Phi) is 6.93. The molecule has 0 aromatic heterocycles. The molecule has 1 aliphatic rings. The second-order valence-electron chi connectivity index (χ2n) is 7.09. The van der Waals surface area contributed by atoms with E-state index in [1.807, 2.05) is 6.92 Å². The smallest absolute Gasteiger partial charge is 0.260 e. The number of hydrogen-bond acceptors (Lipinski definition) is 7. The van der Waals surface area contributed by atoms with Gasteiger partial charge in [-0.3, -0.25) is 9.69 Å². The average Bonchev–Trinajstić information content (AvgIpc) is 3.12. The van der Waals surface area contributed by atoms with Gasteiger partial charge in [0.05, 0.1) is 24.8 Å². The Morgan fingerprint density at radius 2 is 1.84 bits per heavy atom. The van der Waals surface area contributed by atoms with Crippen molar-refractivity contribution >= 4 is 38.5 Å². The van der Waals surface area contributed by atoms with Crippen molar-refractivity contribution in [1.29, 1.82) is 0 Å². The summed E-state index contributed by atoms with van der Waals surface area (Å²) in [5, 5.41) is 0.670. The fraction of sp³-hybridized carbons (Fsp3) is 0.333. The van der Waals surface area contributed by atoms with Crippen LogP contribution in [-0.2, 0) is 10.0 Å². The van der Waals surface area contributed by atoms with Crippen LogP contribution in [0.25, 0.3) is 0 Å². The van der Waals surface area contributed by atoms with Gasteiger partial charge in [0, 0.05) is 31.5 Å². The molecule has 1 amide bonds. The molecule has 1 aliphatic heterocycles. The van der Waals surface area contributed by atoms with Crippen LogP contribution in [0.15, 0.2) is 52.4 Å². The summed E-state index contributed by atoms with van der Waals surface area (Å²) in [4.78, 5) is 19.5. The number of carbonyl (C=O) groups is 1. The summed E-state index contributed by atoms with van der Waals surface area (Å²) in [7, 11) is 2.43. The van der Waals surface area contributed by atoms with E-state index in [1.165, 1.54) is 52.2 Å². The fourth-order valence-electron chi connectivity index (χ4n) is 3.03. The zero-order chi connectivity index (χ0) is 22.8. The first kappa shape index (κ1) is 23.1. The van der Waals surface area contributed by atoms with Crippen molar-refractivity contribution in [3.05, 3.63) is 48.0 Å². The minimum absolute atomic E-state index is 0.146. The number of nitrogens with zero attached hydrogens (tertiary/aromatic N) is 3. The molecule has 10 heteroatoms. The number of carbonyl (C=O) groups excluding carboxylic acids is 1. The van der Waals surface area contributed by atoms with Crippen LogP contribution in [0.4, 0.5) is 5.69 Å². The Hall–Kier alpha value is -2.56. The highest BCUT2D eigenvalue weighted by Crippen LogP contribution is 2.32. The molecule has 3 rings (SSSR count). The van der Waals surface area contributed by atoms with Gasteiger partial charge in [0.15, 0.2) is 16.7 Å². The Morgan fingerprint density at radius 3 is 2.48 bits per heavy atom. The van der Waals surface area contributed by atoms with E-state index in [9.17, 15) is 13.2 Å². The van der Waals surface area contributed by atoms with Crippen molar-refractivity contribution in [1.82, 2.24) is 9.21 Å². The molecular formula is C21H25N3O5S2. The maximum atomic E-state index is 13.2. The molecule has 0 aliphatic carbocycles. The van der Waals surface area contributed by atoms with E-state index in [2.05, 4.69) is 4.99 Å². The summed E-state index contributed by atoms with van der Waals surface area (Å²) in [5.41, 5.74) is 0.911. The van der Waals surface area contributed by atoms with Gasteiger partial charge in [-0.2, -0.15) is 0 Å². The lowest BCUT2D eigenvalue weighted by atomic mass is 10.1. The number of amides is 1. The summed E-state index contributed by atoms with van der Waals surface area (Å²) in [6.45, 7) is 2.50. The molecular weight excluding hydrogens is 438 g/mol. The first-order chi connectivity index (χ1) is 14.7. The highest BCUT2D eigenvalue weighted by atomic mass is 32.2. The van der Waals surface area contributed by atoms with Crippen LogP contribution in [0.2, 0.25) is 0 Å². The average molecular weight is 464 g/mol. The fourth-order valence-corrected chi connectivity index (χ4v) is 5.00. The molecule has 1 saturated heterocycles.